The predicted molar refractivity (Wildman–Crippen MR) is 41.9 cm³/mol. The normalized spacial score (nSPS) is 23.5. The van der Waals surface area contributed by atoms with Crippen LogP contribution in [0.15, 0.2) is 11.8 Å². The molecule has 1 amide bonds. The summed E-state index contributed by atoms with van der Waals surface area (Å²) in [6.07, 6.45) is 1.50. The summed E-state index contributed by atoms with van der Waals surface area (Å²) in [6, 6.07) is 0.0625. The van der Waals surface area contributed by atoms with Gasteiger partial charge in [-0.3, -0.25) is 4.79 Å². The maximum absolute atomic E-state index is 10.9. The molecule has 0 spiro atoms. The van der Waals surface area contributed by atoms with Gasteiger partial charge in [-0.05, 0) is 5.92 Å². The lowest BCUT2D eigenvalue weighted by Crippen LogP contribution is -2.33. The third-order valence-electron chi connectivity index (χ3n) is 1.78. The predicted octanol–water partition coefficient (Wildman–Crippen LogP) is 0.671. The van der Waals surface area contributed by atoms with E-state index in [-0.39, 0.29) is 11.9 Å². The highest BCUT2D eigenvalue weighted by Gasteiger charge is 2.26. The number of ether oxygens (including phenoxy) is 1. The van der Waals surface area contributed by atoms with Crippen LogP contribution in [0.5, 0.6) is 0 Å². The Morgan fingerprint density at radius 3 is 2.64 bits per heavy atom. The Balaban J connectivity index is 2.71. The maximum Gasteiger partial charge on any atom is 0.248 e. The van der Waals surface area contributed by atoms with E-state index in [1.54, 1.807) is 7.11 Å². The van der Waals surface area contributed by atoms with Crippen molar-refractivity contribution in [3.8, 4) is 0 Å². The van der Waals surface area contributed by atoms with Crippen molar-refractivity contribution in [2.75, 3.05) is 7.11 Å². The van der Waals surface area contributed by atoms with Gasteiger partial charge in [-0.15, -0.1) is 0 Å². The van der Waals surface area contributed by atoms with Crippen molar-refractivity contribution in [2.24, 2.45) is 5.92 Å². The molecule has 1 N–H and O–H groups in total. The molecule has 0 aliphatic carbocycles. The molecule has 0 aromatic heterocycles. The Morgan fingerprint density at radius 2 is 2.27 bits per heavy atom. The molecule has 3 nitrogen and oxygen atoms in total. The van der Waals surface area contributed by atoms with Gasteiger partial charge in [-0.25, -0.2) is 0 Å². The van der Waals surface area contributed by atoms with Crippen molar-refractivity contribution < 1.29 is 9.53 Å². The van der Waals surface area contributed by atoms with E-state index >= 15 is 0 Å². The van der Waals surface area contributed by atoms with Crippen LogP contribution in [0.2, 0.25) is 0 Å². The summed E-state index contributed by atoms with van der Waals surface area (Å²) in [7, 11) is 1.58. The summed E-state index contributed by atoms with van der Waals surface area (Å²) in [5.41, 5.74) is 0. The lowest BCUT2D eigenvalue weighted by molar-refractivity contribution is -0.116. The van der Waals surface area contributed by atoms with E-state index in [9.17, 15) is 4.79 Å². The van der Waals surface area contributed by atoms with E-state index in [4.69, 9.17) is 4.74 Å². The molecule has 62 valence electrons. The van der Waals surface area contributed by atoms with Crippen molar-refractivity contribution in [1.82, 2.24) is 5.32 Å². The van der Waals surface area contributed by atoms with E-state index in [2.05, 4.69) is 5.32 Å². The van der Waals surface area contributed by atoms with Crippen molar-refractivity contribution >= 4 is 5.91 Å². The number of rotatable bonds is 2. The van der Waals surface area contributed by atoms with Gasteiger partial charge in [0.05, 0.1) is 13.2 Å². The molecule has 0 fully saturated rings. The first-order chi connectivity index (χ1) is 5.15. The van der Waals surface area contributed by atoms with Crippen LogP contribution in [-0.4, -0.2) is 19.1 Å². The highest BCUT2D eigenvalue weighted by atomic mass is 16.5. The minimum atomic E-state index is -0.0550. The van der Waals surface area contributed by atoms with Gasteiger partial charge in [0.2, 0.25) is 5.91 Å². The standard InChI is InChI=1S/C8H13NO2/c1-5(2)8-6(11-3)4-7(10)9-8/h4-5,8H,1-3H3,(H,9,10)/t8-/m1/s1. The van der Waals surface area contributed by atoms with Gasteiger partial charge in [-0.2, -0.15) is 0 Å². The molecule has 11 heavy (non-hydrogen) atoms. The van der Waals surface area contributed by atoms with Gasteiger partial charge < -0.3 is 10.1 Å². The second kappa shape index (κ2) is 2.95. The molecule has 1 heterocycles. The van der Waals surface area contributed by atoms with Crippen LogP contribution in [0.25, 0.3) is 0 Å². The SMILES string of the molecule is COC1=CC(=O)N[C@@H]1C(C)C. The topological polar surface area (TPSA) is 38.3 Å². The molecular formula is C8H13NO2. The molecule has 1 aliphatic rings. The first kappa shape index (κ1) is 8.11. The molecular weight excluding hydrogens is 142 g/mol. The average molecular weight is 155 g/mol. The third-order valence-corrected chi connectivity index (χ3v) is 1.78. The number of carbonyl (C=O) groups is 1. The number of hydrogen-bond acceptors (Lipinski definition) is 2. The van der Waals surface area contributed by atoms with E-state index in [1.807, 2.05) is 13.8 Å². The van der Waals surface area contributed by atoms with Gasteiger partial charge in [0.1, 0.15) is 5.76 Å². The fraction of sp³-hybridized carbons (Fsp3) is 0.625. The van der Waals surface area contributed by atoms with Crippen LogP contribution < -0.4 is 5.32 Å². The lowest BCUT2D eigenvalue weighted by atomic mass is 10.0. The van der Waals surface area contributed by atoms with Gasteiger partial charge in [0.25, 0.3) is 0 Å². The third kappa shape index (κ3) is 1.53. The maximum atomic E-state index is 10.9. The molecule has 3 heteroatoms. The quantitative estimate of drug-likeness (QED) is 0.636. The van der Waals surface area contributed by atoms with Crippen LogP contribution >= 0.6 is 0 Å². The zero-order valence-electron chi connectivity index (χ0n) is 7.05. The highest BCUT2D eigenvalue weighted by Crippen LogP contribution is 2.16. The van der Waals surface area contributed by atoms with Crippen molar-refractivity contribution in [3.63, 3.8) is 0 Å². The zero-order valence-corrected chi connectivity index (χ0v) is 7.05. The molecule has 0 unspecified atom stereocenters. The molecule has 0 bridgehead atoms. The van der Waals surface area contributed by atoms with Crippen molar-refractivity contribution in [1.29, 1.82) is 0 Å². The van der Waals surface area contributed by atoms with Gasteiger partial charge >= 0.3 is 0 Å². The monoisotopic (exact) mass is 155 g/mol. The van der Waals surface area contributed by atoms with Gasteiger partial charge in [0, 0.05) is 6.08 Å². The van der Waals surface area contributed by atoms with Crippen LogP contribution in [-0.2, 0) is 9.53 Å². The summed E-state index contributed by atoms with van der Waals surface area (Å²) < 4.78 is 5.03. The zero-order chi connectivity index (χ0) is 8.43. The Kier molecular flexibility index (Phi) is 2.17. The summed E-state index contributed by atoms with van der Waals surface area (Å²) in [6.45, 7) is 4.09. The minimum Gasteiger partial charge on any atom is -0.499 e. The van der Waals surface area contributed by atoms with Crippen LogP contribution in [0.1, 0.15) is 13.8 Å². The molecule has 1 atom stereocenters. The molecule has 0 radical (unpaired) electrons. The fourth-order valence-corrected chi connectivity index (χ4v) is 1.17. The van der Waals surface area contributed by atoms with E-state index in [1.165, 1.54) is 6.08 Å². The number of amides is 1. The minimum absolute atomic E-state index is 0.0550. The molecule has 0 aromatic carbocycles. The number of methoxy groups -OCH3 is 1. The Hall–Kier alpha value is -0.990. The largest absolute Gasteiger partial charge is 0.499 e. The van der Waals surface area contributed by atoms with Crippen molar-refractivity contribution in [2.45, 2.75) is 19.9 Å². The lowest BCUT2D eigenvalue weighted by Gasteiger charge is -2.17. The molecule has 1 aliphatic heterocycles. The molecule has 1 rings (SSSR count). The molecule has 0 saturated carbocycles. The Bertz CT molecular complexity index is 196. The average Bonchev–Trinajstić information content (AvgIpc) is 2.30. The van der Waals surface area contributed by atoms with Crippen LogP contribution in [0.3, 0.4) is 0 Å². The Labute approximate surface area is 66.4 Å². The van der Waals surface area contributed by atoms with Gasteiger partial charge in [0.15, 0.2) is 0 Å². The number of nitrogens with one attached hydrogen (secondary N) is 1. The molecule has 0 saturated heterocycles. The first-order valence-electron chi connectivity index (χ1n) is 3.71. The Morgan fingerprint density at radius 1 is 1.64 bits per heavy atom. The molecule has 0 aromatic rings. The number of carbonyl (C=O) groups excluding carboxylic acids is 1. The van der Waals surface area contributed by atoms with E-state index < -0.39 is 0 Å². The van der Waals surface area contributed by atoms with Crippen LogP contribution in [0.4, 0.5) is 0 Å². The van der Waals surface area contributed by atoms with Gasteiger partial charge in [-0.1, -0.05) is 13.8 Å². The van der Waals surface area contributed by atoms with E-state index in [0.29, 0.717) is 5.92 Å². The second-order valence-corrected chi connectivity index (χ2v) is 2.98. The smallest absolute Gasteiger partial charge is 0.248 e. The number of hydrogen-bond donors (Lipinski definition) is 1. The summed E-state index contributed by atoms with van der Waals surface area (Å²) in [5.74, 6) is 1.07. The highest BCUT2D eigenvalue weighted by molar-refractivity contribution is 5.91. The summed E-state index contributed by atoms with van der Waals surface area (Å²) >= 11 is 0. The van der Waals surface area contributed by atoms with Crippen LogP contribution in [0, 0.1) is 5.92 Å². The first-order valence-corrected chi connectivity index (χ1v) is 3.71. The fourth-order valence-electron chi connectivity index (χ4n) is 1.17. The van der Waals surface area contributed by atoms with Crippen molar-refractivity contribution in [3.05, 3.63) is 11.8 Å². The second-order valence-electron chi connectivity index (χ2n) is 2.98. The summed E-state index contributed by atoms with van der Waals surface area (Å²) in [4.78, 5) is 10.9. The van der Waals surface area contributed by atoms with E-state index in [0.717, 1.165) is 5.76 Å². The summed E-state index contributed by atoms with van der Waals surface area (Å²) in [5, 5.41) is 2.80.